The van der Waals surface area contributed by atoms with Crippen LogP contribution in [0.2, 0.25) is 0 Å². The first kappa shape index (κ1) is 27.5. The molecule has 5 heterocycles. The molecule has 6 rings (SSSR count). The number of hydrogen-bond acceptors (Lipinski definition) is 7. The second kappa shape index (κ2) is 11.0. The van der Waals surface area contributed by atoms with Crippen molar-refractivity contribution in [1.82, 2.24) is 45.0 Å². The Hall–Kier alpha value is -4.66. The molecule has 42 heavy (non-hydrogen) atoms. The highest BCUT2D eigenvalue weighted by Gasteiger charge is 2.37. The van der Waals surface area contributed by atoms with Gasteiger partial charge in [0.2, 0.25) is 0 Å². The lowest BCUT2D eigenvalue weighted by Crippen LogP contribution is -2.55. The van der Waals surface area contributed by atoms with Gasteiger partial charge in [-0.25, -0.2) is 14.8 Å². The van der Waals surface area contributed by atoms with E-state index in [2.05, 4.69) is 36.1 Å². The number of carbonyl (C=O) groups excluding carboxylic acids is 2. The quantitative estimate of drug-likeness (QED) is 0.275. The molecule has 2 fully saturated rings. The van der Waals surface area contributed by atoms with Gasteiger partial charge in [-0.15, -0.1) is 0 Å². The van der Waals surface area contributed by atoms with Crippen molar-refractivity contribution in [2.24, 2.45) is 5.92 Å². The van der Waals surface area contributed by atoms with Crippen molar-refractivity contribution >= 4 is 29.1 Å². The zero-order chi connectivity index (χ0) is 29.4. The fraction of sp³-hybridized carbons (Fsp3) is 0.370. The predicted molar refractivity (Wildman–Crippen MR) is 147 cm³/mol. The first-order valence-electron chi connectivity index (χ1n) is 13.5. The van der Waals surface area contributed by atoms with Gasteiger partial charge >= 0.3 is 12.2 Å². The number of aromatic nitrogens is 5. The van der Waals surface area contributed by atoms with Gasteiger partial charge in [-0.05, 0) is 30.7 Å². The number of anilines is 2. The van der Waals surface area contributed by atoms with Gasteiger partial charge in [-0.2, -0.15) is 18.3 Å². The van der Waals surface area contributed by atoms with Gasteiger partial charge in [-0.3, -0.25) is 14.3 Å². The van der Waals surface area contributed by atoms with Crippen molar-refractivity contribution in [2.45, 2.75) is 13.1 Å². The van der Waals surface area contributed by atoms with Gasteiger partial charge in [-0.1, -0.05) is 0 Å². The molecule has 0 atom stereocenters. The molecular formula is C27H29F3N10O2. The molecule has 0 spiro atoms. The van der Waals surface area contributed by atoms with Crippen LogP contribution in [0.4, 0.5) is 29.5 Å². The van der Waals surface area contributed by atoms with Crippen LogP contribution in [0.1, 0.15) is 21.6 Å². The Bertz CT molecular complexity index is 1620. The maximum atomic E-state index is 13.4. The molecule has 0 radical (unpaired) electrons. The number of fused-ring (bicyclic) bond motifs is 1. The minimum atomic E-state index is -4.63. The smallest absolute Gasteiger partial charge is 0.338 e. The molecule has 2 aliphatic heterocycles. The van der Waals surface area contributed by atoms with E-state index in [-0.39, 0.29) is 23.2 Å². The molecule has 12 nitrogen and oxygen atoms in total. The maximum Gasteiger partial charge on any atom is 0.435 e. The Labute approximate surface area is 238 Å². The molecule has 0 aliphatic carbocycles. The number of aromatic amines is 1. The number of nitrogens with one attached hydrogen (secondary N) is 4. The first-order valence-corrected chi connectivity index (χ1v) is 13.5. The molecule has 3 aromatic heterocycles. The van der Waals surface area contributed by atoms with Crippen molar-refractivity contribution in [2.75, 3.05) is 51.1 Å². The summed E-state index contributed by atoms with van der Waals surface area (Å²) >= 11 is 0. The first-order chi connectivity index (χ1) is 20.2. The van der Waals surface area contributed by atoms with Gasteiger partial charge in [0.15, 0.2) is 17.2 Å². The SMILES string of the molecule is Cc1cc(Nc2nccn3c(-c4c[nH]nc4C(F)(F)F)cnc23)ccc1C(=O)N1CCN(C(=O)NCC2CNC2)CC1. The molecule has 2 saturated heterocycles. The summed E-state index contributed by atoms with van der Waals surface area (Å²) in [5, 5.41) is 15.0. The van der Waals surface area contributed by atoms with E-state index in [1.54, 1.807) is 28.0 Å². The second-order valence-corrected chi connectivity index (χ2v) is 10.4. The maximum absolute atomic E-state index is 13.4. The monoisotopic (exact) mass is 582 g/mol. The van der Waals surface area contributed by atoms with Crippen LogP contribution < -0.4 is 16.0 Å². The number of hydrogen-bond donors (Lipinski definition) is 4. The van der Waals surface area contributed by atoms with E-state index in [4.69, 9.17) is 0 Å². The van der Waals surface area contributed by atoms with E-state index in [9.17, 15) is 22.8 Å². The number of rotatable bonds is 6. The van der Waals surface area contributed by atoms with Crippen molar-refractivity contribution in [1.29, 1.82) is 0 Å². The molecule has 3 amide bonds. The van der Waals surface area contributed by atoms with E-state index in [1.165, 1.54) is 29.2 Å². The summed E-state index contributed by atoms with van der Waals surface area (Å²) in [5.74, 6) is 0.701. The van der Waals surface area contributed by atoms with Crippen molar-refractivity contribution in [3.8, 4) is 11.3 Å². The Balaban J connectivity index is 1.12. The minimum Gasteiger partial charge on any atom is -0.338 e. The molecule has 0 unspecified atom stereocenters. The highest BCUT2D eigenvalue weighted by molar-refractivity contribution is 5.96. The molecule has 0 saturated carbocycles. The molecule has 4 aromatic rings. The summed E-state index contributed by atoms with van der Waals surface area (Å²) in [5.41, 5.74) is 1.30. The van der Waals surface area contributed by atoms with Crippen molar-refractivity contribution < 1.29 is 22.8 Å². The lowest BCUT2D eigenvalue weighted by molar-refractivity contribution is -0.140. The fourth-order valence-corrected chi connectivity index (χ4v) is 5.15. The van der Waals surface area contributed by atoms with Crippen LogP contribution in [-0.2, 0) is 6.18 Å². The minimum absolute atomic E-state index is 0.0978. The lowest BCUT2D eigenvalue weighted by Gasteiger charge is -2.35. The van der Waals surface area contributed by atoms with Gasteiger partial charge in [0.25, 0.3) is 5.91 Å². The topological polar surface area (TPSA) is 136 Å². The van der Waals surface area contributed by atoms with Crippen molar-refractivity contribution in [3.05, 3.63) is 59.8 Å². The molecule has 4 N–H and O–H groups in total. The fourth-order valence-electron chi connectivity index (χ4n) is 5.15. The summed E-state index contributed by atoms with van der Waals surface area (Å²) in [6.07, 6.45) is 0.882. The summed E-state index contributed by atoms with van der Waals surface area (Å²) in [6.45, 7) is 6.14. The third kappa shape index (κ3) is 5.34. The number of aryl methyl sites for hydroxylation is 1. The Kier molecular flexibility index (Phi) is 7.18. The number of carbonyl (C=O) groups is 2. The normalized spacial score (nSPS) is 16.0. The summed E-state index contributed by atoms with van der Waals surface area (Å²) < 4.78 is 41.8. The van der Waals surface area contributed by atoms with Crippen LogP contribution in [-0.4, -0.2) is 92.1 Å². The summed E-state index contributed by atoms with van der Waals surface area (Å²) in [4.78, 5) is 37.8. The van der Waals surface area contributed by atoms with E-state index in [1.807, 2.05) is 6.92 Å². The van der Waals surface area contributed by atoms with Crippen LogP contribution in [0.3, 0.4) is 0 Å². The number of piperazine rings is 1. The number of halogens is 3. The average Bonchev–Trinajstić information content (AvgIpc) is 3.60. The zero-order valence-electron chi connectivity index (χ0n) is 22.7. The van der Waals surface area contributed by atoms with Crippen molar-refractivity contribution in [3.63, 3.8) is 0 Å². The number of urea groups is 1. The lowest BCUT2D eigenvalue weighted by atomic mass is 10.0. The third-order valence-corrected chi connectivity index (χ3v) is 7.59. The molecular weight excluding hydrogens is 553 g/mol. The van der Waals surface area contributed by atoms with Gasteiger partial charge in [0, 0.05) is 81.6 Å². The van der Waals surface area contributed by atoms with E-state index < -0.39 is 11.9 Å². The van der Waals surface area contributed by atoms with Gasteiger partial charge < -0.3 is 25.8 Å². The standard InChI is InChI=1S/C27H29F3N10O2/c1-16-10-18(2-3-19(16)25(41)38-6-8-39(9-7-38)26(42)34-13-17-11-31-12-17)36-23-24-33-15-21(40(24)5-4-32-23)20-14-35-37-22(20)27(28,29)30/h2-5,10,14-15,17,31H,6-9,11-13H2,1H3,(H,32,36)(H,34,42)(H,35,37). The second-order valence-electron chi connectivity index (χ2n) is 10.4. The van der Waals surface area contributed by atoms with Crippen LogP contribution in [0.15, 0.2) is 43.0 Å². The largest absolute Gasteiger partial charge is 0.435 e. The average molecular weight is 583 g/mol. The highest BCUT2D eigenvalue weighted by Crippen LogP contribution is 2.36. The number of benzene rings is 1. The van der Waals surface area contributed by atoms with Crippen LogP contribution in [0.5, 0.6) is 0 Å². The predicted octanol–water partition coefficient (Wildman–Crippen LogP) is 2.88. The third-order valence-electron chi connectivity index (χ3n) is 7.59. The highest BCUT2D eigenvalue weighted by atomic mass is 19.4. The number of nitrogens with zero attached hydrogens (tertiary/aromatic N) is 6. The Morgan fingerprint density at radius 2 is 1.86 bits per heavy atom. The Morgan fingerprint density at radius 3 is 2.55 bits per heavy atom. The van der Waals surface area contributed by atoms with E-state index in [0.29, 0.717) is 61.4 Å². The Morgan fingerprint density at radius 1 is 1.10 bits per heavy atom. The zero-order valence-corrected chi connectivity index (χ0v) is 22.7. The molecule has 0 bridgehead atoms. The van der Waals surface area contributed by atoms with Crippen LogP contribution in [0.25, 0.3) is 16.9 Å². The molecule has 1 aromatic carbocycles. The molecule has 220 valence electrons. The van der Waals surface area contributed by atoms with Gasteiger partial charge in [0.1, 0.15) is 0 Å². The molecule has 2 aliphatic rings. The van der Waals surface area contributed by atoms with Crippen LogP contribution in [0, 0.1) is 12.8 Å². The summed E-state index contributed by atoms with van der Waals surface area (Å²) in [7, 11) is 0. The van der Waals surface area contributed by atoms with E-state index >= 15 is 0 Å². The number of imidazole rings is 1. The number of amides is 3. The van der Waals surface area contributed by atoms with Gasteiger partial charge in [0.05, 0.1) is 17.5 Å². The van der Waals surface area contributed by atoms with Crippen LogP contribution >= 0.6 is 0 Å². The summed E-state index contributed by atoms with van der Waals surface area (Å²) in [6, 6.07) is 5.18. The van der Waals surface area contributed by atoms with E-state index in [0.717, 1.165) is 18.7 Å². The molecule has 15 heteroatoms. The number of H-pyrrole nitrogens is 1. The number of alkyl halides is 3.